The molecule has 2 N–H and O–H groups in total. The second-order valence-corrected chi connectivity index (χ2v) is 5.06. The summed E-state index contributed by atoms with van der Waals surface area (Å²) in [7, 11) is 0. The second kappa shape index (κ2) is 6.50. The van der Waals surface area contributed by atoms with Crippen molar-refractivity contribution in [1.82, 2.24) is 9.97 Å². The number of carboxylic acids is 1. The van der Waals surface area contributed by atoms with Gasteiger partial charge in [-0.1, -0.05) is 13.3 Å². The van der Waals surface area contributed by atoms with Crippen LogP contribution in [0.5, 0.6) is 0 Å². The van der Waals surface area contributed by atoms with E-state index in [9.17, 15) is 4.79 Å². The van der Waals surface area contributed by atoms with E-state index in [1.807, 2.05) is 6.92 Å². The third-order valence-electron chi connectivity index (χ3n) is 3.63. The lowest BCUT2D eigenvalue weighted by Crippen LogP contribution is -2.24. The van der Waals surface area contributed by atoms with Crippen LogP contribution < -0.4 is 5.32 Å². The van der Waals surface area contributed by atoms with Gasteiger partial charge >= 0.3 is 5.97 Å². The lowest BCUT2D eigenvalue weighted by atomic mass is 10.1. The van der Waals surface area contributed by atoms with Crippen molar-refractivity contribution in [3.05, 3.63) is 17.6 Å². The predicted octanol–water partition coefficient (Wildman–Crippen LogP) is 2.41. The Labute approximate surface area is 113 Å². The summed E-state index contributed by atoms with van der Waals surface area (Å²) < 4.78 is 0. The van der Waals surface area contributed by atoms with Crippen molar-refractivity contribution in [1.29, 1.82) is 0 Å². The quantitative estimate of drug-likeness (QED) is 0.798. The molecule has 0 amide bonds. The molecular formula is C14H21N3O2. The number of aryl methyl sites for hydroxylation is 1. The van der Waals surface area contributed by atoms with E-state index in [1.54, 1.807) is 6.33 Å². The molecule has 5 nitrogen and oxygen atoms in total. The normalized spacial score (nSPS) is 16.3. The number of anilines is 1. The number of rotatable bonds is 5. The molecule has 104 valence electrons. The minimum absolute atomic E-state index is 0.0697. The van der Waals surface area contributed by atoms with Crippen LogP contribution in [0.4, 0.5) is 5.82 Å². The number of aliphatic carboxylic acids is 1. The van der Waals surface area contributed by atoms with Gasteiger partial charge in [0.2, 0.25) is 0 Å². The predicted molar refractivity (Wildman–Crippen MR) is 73.2 cm³/mol. The van der Waals surface area contributed by atoms with Gasteiger partial charge in [0.25, 0.3) is 0 Å². The Kier molecular flexibility index (Phi) is 4.71. The number of hydrogen-bond acceptors (Lipinski definition) is 4. The van der Waals surface area contributed by atoms with Crippen molar-refractivity contribution < 1.29 is 9.90 Å². The summed E-state index contributed by atoms with van der Waals surface area (Å²) in [5, 5.41) is 12.2. The van der Waals surface area contributed by atoms with Gasteiger partial charge in [-0.05, 0) is 32.1 Å². The summed E-state index contributed by atoms with van der Waals surface area (Å²) in [5.74, 6) is 0.0551. The minimum Gasteiger partial charge on any atom is -0.481 e. The van der Waals surface area contributed by atoms with Gasteiger partial charge in [-0.15, -0.1) is 0 Å². The molecule has 0 saturated carbocycles. The van der Waals surface area contributed by atoms with Crippen LogP contribution >= 0.6 is 0 Å². The van der Waals surface area contributed by atoms with Crippen LogP contribution in [0.3, 0.4) is 0 Å². The SMILES string of the molecule is CCC(CC(=O)O)Nc1ncnc2c1CCCCC2. The molecule has 1 unspecified atom stereocenters. The zero-order chi connectivity index (χ0) is 13.7. The summed E-state index contributed by atoms with van der Waals surface area (Å²) in [6.07, 6.45) is 8.02. The number of aromatic nitrogens is 2. The molecule has 1 aliphatic carbocycles. The third-order valence-corrected chi connectivity index (χ3v) is 3.63. The molecule has 0 bridgehead atoms. The van der Waals surface area contributed by atoms with E-state index >= 15 is 0 Å². The van der Waals surface area contributed by atoms with Crippen LogP contribution in [0.1, 0.15) is 50.3 Å². The lowest BCUT2D eigenvalue weighted by Gasteiger charge is -2.18. The molecule has 0 saturated heterocycles. The van der Waals surface area contributed by atoms with Crippen LogP contribution in [0, 0.1) is 0 Å². The van der Waals surface area contributed by atoms with Gasteiger partial charge in [-0.2, -0.15) is 0 Å². The highest BCUT2D eigenvalue weighted by Gasteiger charge is 2.17. The van der Waals surface area contributed by atoms with Crippen LogP contribution in [0.25, 0.3) is 0 Å². The average molecular weight is 263 g/mol. The molecule has 5 heteroatoms. The number of hydrogen-bond donors (Lipinski definition) is 2. The van der Waals surface area contributed by atoms with Crippen LogP contribution in [0.15, 0.2) is 6.33 Å². The van der Waals surface area contributed by atoms with E-state index in [0.29, 0.717) is 0 Å². The monoisotopic (exact) mass is 263 g/mol. The molecule has 19 heavy (non-hydrogen) atoms. The first-order valence-corrected chi connectivity index (χ1v) is 7.01. The standard InChI is InChI=1S/C14H21N3O2/c1-2-10(8-13(18)19)17-14-11-6-4-3-5-7-12(11)15-9-16-14/h9-10H,2-8H2,1H3,(H,18,19)(H,15,16,17). The van der Waals surface area contributed by atoms with E-state index < -0.39 is 5.97 Å². The molecule has 2 rings (SSSR count). The van der Waals surface area contributed by atoms with Crippen molar-refractivity contribution in [2.45, 2.75) is 57.9 Å². The van der Waals surface area contributed by atoms with E-state index in [0.717, 1.165) is 37.2 Å². The van der Waals surface area contributed by atoms with E-state index in [1.165, 1.54) is 18.4 Å². The van der Waals surface area contributed by atoms with E-state index in [4.69, 9.17) is 5.11 Å². The van der Waals surface area contributed by atoms with Gasteiger partial charge in [0.15, 0.2) is 0 Å². The molecule has 0 spiro atoms. The molecular weight excluding hydrogens is 242 g/mol. The lowest BCUT2D eigenvalue weighted by molar-refractivity contribution is -0.137. The molecule has 1 aromatic heterocycles. The molecule has 0 aliphatic heterocycles. The van der Waals surface area contributed by atoms with E-state index in [-0.39, 0.29) is 12.5 Å². The largest absolute Gasteiger partial charge is 0.481 e. The highest BCUT2D eigenvalue weighted by molar-refractivity contribution is 5.68. The summed E-state index contributed by atoms with van der Waals surface area (Å²) in [6, 6.07) is -0.0697. The van der Waals surface area contributed by atoms with Crippen molar-refractivity contribution >= 4 is 11.8 Å². The molecule has 0 radical (unpaired) electrons. The molecule has 1 aromatic rings. The Balaban J connectivity index is 2.17. The fourth-order valence-corrected chi connectivity index (χ4v) is 2.52. The maximum Gasteiger partial charge on any atom is 0.305 e. The van der Waals surface area contributed by atoms with Crippen molar-refractivity contribution in [2.24, 2.45) is 0 Å². The number of nitrogens with one attached hydrogen (secondary N) is 1. The molecule has 1 aliphatic rings. The zero-order valence-electron chi connectivity index (χ0n) is 11.4. The molecule has 1 heterocycles. The fraction of sp³-hybridized carbons (Fsp3) is 0.643. The van der Waals surface area contributed by atoms with Crippen LogP contribution in [-0.2, 0) is 17.6 Å². The molecule has 1 atom stereocenters. The van der Waals surface area contributed by atoms with Crippen LogP contribution in [0.2, 0.25) is 0 Å². The summed E-state index contributed by atoms with van der Waals surface area (Å²) >= 11 is 0. The Morgan fingerprint density at radius 3 is 2.89 bits per heavy atom. The fourth-order valence-electron chi connectivity index (χ4n) is 2.52. The maximum atomic E-state index is 10.8. The first-order valence-electron chi connectivity index (χ1n) is 7.01. The van der Waals surface area contributed by atoms with Crippen molar-refractivity contribution in [3.63, 3.8) is 0 Å². The zero-order valence-corrected chi connectivity index (χ0v) is 11.4. The molecule has 0 fully saturated rings. The number of fused-ring (bicyclic) bond motifs is 1. The van der Waals surface area contributed by atoms with Gasteiger partial charge < -0.3 is 10.4 Å². The Hall–Kier alpha value is -1.65. The topological polar surface area (TPSA) is 75.1 Å². The Morgan fingerprint density at radius 1 is 1.37 bits per heavy atom. The van der Waals surface area contributed by atoms with Crippen molar-refractivity contribution in [2.75, 3.05) is 5.32 Å². The molecule has 0 aromatic carbocycles. The van der Waals surface area contributed by atoms with E-state index in [2.05, 4.69) is 15.3 Å². The summed E-state index contributed by atoms with van der Waals surface area (Å²) in [6.45, 7) is 1.99. The highest BCUT2D eigenvalue weighted by atomic mass is 16.4. The smallest absolute Gasteiger partial charge is 0.305 e. The first kappa shape index (κ1) is 13.8. The van der Waals surface area contributed by atoms with Gasteiger partial charge in [-0.25, -0.2) is 9.97 Å². The van der Waals surface area contributed by atoms with Gasteiger partial charge in [0, 0.05) is 17.3 Å². The number of carbonyl (C=O) groups is 1. The summed E-state index contributed by atoms with van der Waals surface area (Å²) in [4.78, 5) is 19.5. The average Bonchev–Trinajstić information content (AvgIpc) is 2.63. The highest BCUT2D eigenvalue weighted by Crippen LogP contribution is 2.24. The second-order valence-electron chi connectivity index (χ2n) is 5.06. The summed E-state index contributed by atoms with van der Waals surface area (Å²) in [5.41, 5.74) is 2.31. The number of carboxylic acid groups (broad SMARTS) is 1. The first-order chi connectivity index (χ1) is 9.20. The minimum atomic E-state index is -0.778. The number of nitrogens with zero attached hydrogens (tertiary/aromatic N) is 2. The van der Waals surface area contributed by atoms with Crippen LogP contribution in [-0.4, -0.2) is 27.1 Å². The maximum absolute atomic E-state index is 10.8. The van der Waals surface area contributed by atoms with Gasteiger partial charge in [0.1, 0.15) is 12.1 Å². The third kappa shape index (κ3) is 3.66. The Morgan fingerprint density at radius 2 is 2.16 bits per heavy atom. The Bertz CT molecular complexity index is 448. The van der Waals surface area contributed by atoms with Gasteiger partial charge in [0.05, 0.1) is 6.42 Å². The van der Waals surface area contributed by atoms with Crippen molar-refractivity contribution in [3.8, 4) is 0 Å². The van der Waals surface area contributed by atoms with Gasteiger partial charge in [-0.3, -0.25) is 4.79 Å².